The van der Waals surface area contributed by atoms with Gasteiger partial charge in [0.15, 0.2) is 0 Å². The number of nitrogens with one attached hydrogen (secondary N) is 2. The van der Waals surface area contributed by atoms with Crippen LogP contribution in [0.15, 0.2) is 47.4 Å². The molecule has 1 unspecified atom stereocenters. The predicted molar refractivity (Wildman–Crippen MR) is 135 cm³/mol. The van der Waals surface area contributed by atoms with E-state index < -0.39 is 0 Å². The second-order valence-corrected chi connectivity index (χ2v) is 10.8. The van der Waals surface area contributed by atoms with Crippen LogP contribution in [0.1, 0.15) is 35.2 Å². The van der Waals surface area contributed by atoms with E-state index in [2.05, 4.69) is 33.7 Å². The molecule has 6 rings (SSSR count). The van der Waals surface area contributed by atoms with Crippen LogP contribution >= 0.6 is 11.8 Å². The van der Waals surface area contributed by atoms with Gasteiger partial charge in [-0.3, -0.25) is 9.59 Å². The van der Waals surface area contributed by atoms with Crippen molar-refractivity contribution in [3.63, 3.8) is 0 Å². The number of amides is 2. The van der Waals surface area contributed by atoms with E-state index in [0.29, 0.717) is 24.6 Å². The van der Waals surface area contributed by atoms with E-state index in [9.17, 15) is 9.59 Å². The summed E-state index contributed by atoms with van der Waals surface area (Å²) in [6.07, 6.45) is 3.93. The summed E-state index contributed by atoms with van der Waals surface area (Å²) < 4.78 is 5.05. The van der Waals surface area contributed by atoms with Crippen molar-refractivity contribution in [3.8, 4) is 11.1 Å². The van der Waals surface area contributed by atoms with Crippen molar-refractivity contribution < 1.29 is 14.3 Å². The van der Waals surface area contributed by atoms with E-state index in [-0.39, 0.29) is 23.1 Å². The van der Waals surface area contributed by atoms with Crippen molar-refractivity contribution >= 4 is 23.6 Å². The Bertz CT molecular complexity index is 1050. The molecule has 2 N–H and O–H groups in total. The lowest BCUT2D eigenvalue weighted by molar-refractivity contribution is -0.122. The molecule has 0 spiro atoms. The Labute approximate surface area is 205 Å². The first-order valence-corrected chi connectivity index (χ1v) is 13.2. The standard InChI is InChI=1S/C27H33N3O3S/c1-33-14-4-11-28-26(31)21-7-2-5-19(15-21)22-8-3-6-20-16-24(34-25(20)22)27(32)29-23-17-30-12-9-18(23)10-13-30/h2-3,5-8,15,18,23-24H,4,9-14,16-17H2,1H3,(H,28,31)(H,29,32)/t23-,24?/m0/s1. The van der Waals surface area contributed by atoms with Gasteiger partial charge < -0.3 is 20.3 Å². The van der Waals surface area contributed by atoms with Crippen LogP contribution in [-0.4, -0.2) is 67.9 Å². The molecule has 6 nitrogen and oxygen atoms in total. The second kappa shape index (κ2) is 10.5. The fraction of sp³-hybridized carbons (Fsp3) is 0.481. The van der Waals surface area contributed by atoms with Gasteiger partial charge in [0.1, 0.15) is 0 Å². The van der Waals surface area contributed by atoms with Crippen LogP contribution in [0.3, 0.4) is 0 Å². The Hall–Kier alpha value is -2.35. The number of hydrogen-bond donors (Lipinski definition) is 2. The summed E-state index contributed by atoms with van der Waals surface area (Å²) in [5.74, 6) is 0.713. The van der Waals surface area contributed by atoms with Gasteiger partial charge in [0.05, 0.1) is 5.25 Å². The molecule has 2 aromatic carbocycles. The van der Waals surface area contributed by atoms with E-state index in [4.69, 9.17) is 4.74 Å². The molecule has 4 heterocycles. The van der Waals surface area contributed by atoms with Crippen LogP contribution in [0.4, 0.5) is 0 Å². The molecular weight excluding hydrogens is 446 g/mol. The number of carbonyl (C=O) groups excluding carboxylic acids is 2. The fourth-order valence-electron chi connectivity index (χ4n) is 5.39. The molecule has 2 aromatic rings. The topological polar surface area (TPSA) is 70.7 Å². The number of rotatable bonds is 8. The molecule has 180 valence electrons. The van der Waals surface area contributed by atoms with Crippen LogP contribution in [0.25, 0.3) is 11.1 Å². The first kappa shape index (κ1) is 23.4. The molecule has 3 fully saturated rings. The van der Waals surface area contributed by atoms with Gasteiger partial charge in [-0.1, -0.05) is 30.3 Å². The highest BCUT2D eigenvalue weighted by molar-refractivity contribution is 8.01. The number of benzene rings is 2. The van der Waals surface area contributed by atoms with E-state index >= 15 is 0 Å². The monoisotopic (exact) mass is 479 g/mol. The molecule has 0 saturated carbocycles. The summed E-state index contributed by atoms with van der Waals surface area (Å²) >= 11 is 1.67. The number of hydrogen-bond acceptors (Lipinski definition) is 5. The summed E-state index contributed by atoms with van der Waals surface area (Å²) in [5, 5.41) is 6.23. The molecule has 2 amide bonds. The van der Waals surface area contributed by atoms with Crippen molar-refractivity contribution in [3.05, 3.63) is 53.6 Å². The zero-order valence-corrected chi connectivity index (χ0v) is 20.5. The van der Waals surface area contributed by atoms with Crippen LogP contribution < -0.4 is 10.6 Å². The smallest absolute Gasteiger partial charge is 0.251 e. The number of thioether (sulfide) groups is 1. The Morgan fingerprint density at radius 3 is 2.74 bits per heavy atom. The molecule has 7 heteroatoms. The van der Waals surface area contributed by atoms with Crippen molar-refractivity contribution in [1.82, 2.24) is 15.5 Å². The fourth-order valence-corrected chi connectivity index (χ4v) is 6.73. The molecule has 0 radical (unpaired) electrons. The summed E-state index contributed by atoms with van der Waals surface area (Å²) in [7, 11) is 1.66. The number of methoxy groups -OCH3 is 1. The van der Waals surface area contributed by atoms with Crippen LogP contribution in [0, 0.1) is 5.92 Å². The molecule has 0 aliphatic carbocycles. The average Bonchev–Trinajstić information content (AvgIpc) is 3.32. The van der Waals surface area contributed by atoms with Gasteiger partial charge in [-0.2, -0.15) is 0 Å². The van der Waals surface area contributed by atoms with Crippen molar-refractivity contribution in [2.24, 2.45) is 5.92 Å². The normalized spacial score (nSPS) is 25.1. The minimum Gasteiger partial charge on any atom is -0.385 e. The van der Waals surface area contributed by atoms with Gasteiger partial charge in [-0.25, -0.2) is 0 Å². The van der Waals surface area contributed by atoms with Crippen molar-refractivity contribution in [2.75, 3.05) is 39.9 Å². The maximum Gasteiger partial charge on any atom is 0.251 e. The maximum absolute atomic E-state index is 13.2. The summed E-state index contributed by atoms with van der Waals surface area (Å²) in [6, 6.07) is 14.3. The van der Waals surface area contributed by atoms with Crippen LogP contribution in [-0.2, 0) is 16.0 Å². The SMILES string of the molecule is COCCCNC(=O)c1cccc(-c2cccc3c2SC(C(=O)N[C@H]2CN4CCC2CC4)C3)c1. The minimum absolute atomic E-state index is 0.0760. The summed E-state index contributed by atoms with van der Waals surface area (Å²) in [6.45, 7) is 4.56. The van der Waals surface area contributed by atoms with E-state index in [0.717, 1.165) is 35.4 Å². The number of fused-ring (bicyclic) bond motifs is 4. The van der Waals surface area contributed by atoms with Gasteiger partial charge in [0.25, 0.3) is 5.91 Å². The average molecular weight is 480 g/mol. The van der Waals surface area contributed by atoms with Crippen molar-refractivity contribution in [1.29, 1.82) is 0 Å². The lowest BCUT2D eigenvalue weighted by Gasteiger charge is -2.45. The first-order valence-electron chi connectivity index (χ1n) is 12.3. The third-order valence-corrected chi connectivity index (χ3v) is 8.67. The number of nitrogens with zero attached hydrogens (tertiary/aromatic N) is 1. The molecule has 2 atom stereocenters. The van der Waals surface area contributed by atoms with Gasteiger partial charge in [0, 0.05) is 43.3 Å². The Kier molecular flexibility index (Phi) is 7.23. The quantitative estimate of drug-likeness (QED) is 0.569. The highest BCUT2D eigenvalue weighted by atomic mass is 32.2. The van der Waals surface area contributed by atoms with Crippen molar-refractivity contribution in [2.45, 2.75) is 41.9 Å². The molecular formula is C27H33N3O3S. The highest BCUT2D eigenvalue weighted by Gasteiger charge is 2.37. The molecule has 0 aromatic heterocycles. The largest absolute Gasteiger partial charge is 0.385 e. The third kappa shape index (κ3) is 5.02. The molecule has 4 aliphatic rings. The minimum atomic E-state index is -0.0983. The first-order chi connectivity index (χ1) is 16.6. The van der Waals surface area contributed by atoms with Gasteiger partial charge in [-0.05, 0) is 73.5 Å². The Balaban J connectivity index is 1.27. The molecule has 3 saturated heterocycles. The lowest BCUT2D eigenvalue weighted by Crippen LogP contribution is -2.58. The van der Waals surface area contributed by atoms with Crippen LogP contribution in [0.2, 0.25) is 0 Å². The Morgan fingerprint density at radius 2 is 1.97 bits per heavy atom. The Morgan fingerprint density at radius 1 is 1.15 bits per heavy atom. The zero-order valence-electron chi connectivity index (χ0n) is 19.7. The predicted octanol–water partition coefficient (Wildman–Crippen LogP) is 3.35. The summed E-state index contributed by atoms with van der Waals surface area (Å²) in [4.78, 5) is 29.4. The number of ether oxygens (including phenoxy) is 1. The van der Waals surface area contributed by atoms with Gasteiger partial charge in [-0.15, -0.1) is 11.8 Å². The number of piperidine rings is 3. The number of carbonyl (C=O) groups is 2. The zero-order chi connectivity index (χ0) is 23.5. The van der Waals surface area contributed by atoms with Gasteiger partial charge >= 0.3 is 0 Å². The van der Waals surface area contributed by atoms with Crippen LogP contribution in [0.5, 0.6) is 0 Å². The highest BCUT2D eigenvalue weighted by Crippen LogP contribution is 2.43. The second-order valence-electron chi connectivity index (χ2n) is 9.54. The lowest BCUT2D eigenvalue weighted by atomic mass is 9.84. The van der Waals surface area contributed by atoms with E-state index in [1.807, 2.05) is 24.3 Å². The molecule has 34 heavy (non-hydrogen) atoms. The molecule has 4 aliphatic heterocycles. The molecule has 2 bridgehead atoms. The van der Waals surface area contributed by atoms with E-state index in [1.54, 1.807) is 18.9 Å². The third-order valence-electron chi connectivity index (χ3n) is 7.28. The van der Waals surface area contributed by atoms with Gasteiger partial charge in [0.2, 0.25) is 5.91 Å². The maximum atomic E-state index is 13.2. The summed E-state index contributed by atoms with van der Waals surface area (Å²) in [5.41, 5.74) is 3.96. The van der Waals surface area contributed by atoms with E-state index in [1.165, 1.54) is 31.5 Å².